The molecular formula is C13H13BrFN3O3. The second-order valence-corrected chi connectivity index (χ2v) is 5.13. The van der Waals surface area contributed by atoms with Gasteiger partial charge in [-0.3, -0.25) is 19.8 Å². The van der Waals surface area contributed by atoms with Crippen molar-refractivity contribution in [3.63, 3.8) is 0 Å². The minimum Gasteiger partial charge on any atom is -0.326 e. The highest BCUT2D eigenvalue weighted by Crippen LogP contribution is 2.26. The molecule has 3 amide bonds. The molecule has 1 rings (SSSR count). The number of carbonyl (C=O) groups excluding carboxylic acids is 3. The molecule has 0 aliphatic rings. The molecule has 0 aromatic heterocycles. The zero-order chi connectivity index (χ0) is 16.3. The van der Waals surface area contributed by atoms with E-state index in [0.29, 0.717) is 9.37 Å². The molecule has 0 atom stereocenters. The van der Waals surface area contributed by atoms with Gasteiger partial charge in [-0.1, -0.05) is 15.9 Å². The molecule has 112 valence electrons. The summed E-state index contributed by atoms with van der Waals surface area (Å²) < 4.78 is 14.5. The van der Waals surface area contributed by atoms with Gasteiger partial charge in [0.25, 0.3) is 0 Å². The van der Waals surface area contributed by atoms with Crippen LogP contribution in [-0.2, 0) is 14.4 Å². The normalized spacial score (nSPS) is 9.95. The molecule has 0 spiro atoms. The Kier molecular flexibility index (Phi) is 5.31. The van der Waals surface area contributed by atoms with E-state index in [4.69, 9.17) is 5.41 Å². The van der Waals surface area contributed by atoms with Crippen LogP contribution in [0.15, 0.2) is 16.6 Å². The molecule has 6 nitrogen and oxygen atoms in total. The molecule has 8 heteroatoms. The molecule has 0 bridgehead atoms. The Morgan fingerprint density at radius 3 is 2.14 bits per heavy atom. The van der Waals surface area contributed by atoms with Gasteiger partial charge in [-0.25, -0.2) is 9.29 Å². The first-order chi connectivity index (χ1) is 9.65. The number of anilines is 1. The first kappa shape index (κ1) is 17.0. The summed E-state index contributed by atoms with van der Waals surface area (Å²) in [6.45, 7) is 3.40. The van der Waals surface area contributed by atoms with Crippen molar-refractivity contribution in [2.24, 2.45) is 0 Å². The van der Waals surface area contributed by atoms with Gasteiger partial charge in [0.1, 0.15) is 11.7 Å². The van der Waals surface area contributed by atoms with Gasteiger partial charge in [0.05, 0.1) is 11.3 Å². The van der Waals surface area contributed by atoms with Crippen LogP contribution < -0.4 is 5.32 Å². The second-order valence-electron chi connectivity index (χ2n) is 4.21. The number of amidine groups is 1. The third kappa shape index (κ3) is 3.94. The smallest absolute Gasteiger partial charge is 0.231 e. The third-order valence-electron chi connectivity index (χ3n) is 2.46. The van der Waals surface area contributed by atoms with Crippen molar-refractivity contribution in [2.75, 3.05) is 5.32 Å². The van der Waals surface area contributed by atoms with Crippen molar-refractivity contribution in [1.82, 2.24) is 4.90 Å². The maximum absolute atomic E-state index is 14.1. The number of carbonyl (C=O) groups is 3. The van der Waals surface area contributed by atoms with E-state index < -0.39 is 29.4 Å². The number of nitrogens with one attached hydrogen (secondary N) is 2. The molecule has 0 unspecified atom stereocenters. The lowest BCUT2D eigenvalue weighted by atomic mass is 10.1. The van der Waals surface area contributed by atoms with Crippen LogP contribution in [0.25, 0.3) is 0 Å². The van der Waals surface area contributed by atoms with E-state index >= 15 is 0 Å². The van der Waals surface area contributed by atoms with Crippen molar-refractivity contribution in [2.45, 2.75) is 20.8 Å². The summed E-state index contributed by atoms with van der Waals surface area (Å²) in [5, 5.41) is 10.3. The van der Waals surface area contributed by atoms with Crippen molar-refractivity contribution >= 4 is 45.2 Å². The van der Waals surface area contributed by atoms with Gasteiger partial charge < -0.3 is 5.32 Å². The van der Waals surface area contributed by atoms with Gasteiger partial charge in [0.2, 0.25) is 17.7 Å². The maximum Gasteiger partial charge on any atom is 0.231 e. The molecule has 2 N–H and O–H groups in total. The number of hydrogen-bond acceptors (Lipinski definition) is 4. The molecule has 1 aromatic carbocycles. The largest absolute Gasteiger partial charge is 0.326 e. The molecule has 21 heavy (non-hydrogen) atoms. The van der Waals surface area contributed by atoms with Gasteiger partial charge in [-0.15, -0.1) is 0 Å². The second kappa shape index (κ2) is 6.57. The lowest BCUT2D eigenvalue weighted by molar-refractivity contribution is -0.137. The number of amides is 3. The Labute approximate surface area is 128 Å². The molecule has 0 aliphatic carbocycles. The zero-order valence-corrected chi connectivity index (χ0v) is 13.2. The number of benzene rings is 1. The molecular weight excluding hydrogens is 345 g/mol. The predicted octanol–water partition coefficient (Wildman–Crippen LogP) is 2.27. The minimum atomic E-state index is -0.842. The van der Waals surface area contributed by atoms with Crippen molar-refractivity contribution < 1.29 is 18.8 Å². The number of halogens is 2. The SMILES string of the molecule is CC(=O)Nc1cc(Br)cc(F)c1C(=N)N(C(C)=O)C(C)=O. The fraction of sp³-hybridized carbons (Fsp3) is 0.231. The number of rotatable bonds is 2. The molecule has 0 fully saturated rings. The standard InChI is InChI=1S/C13H13BrFN3O3/c1-6(19)17-11-5-9(14)4-10(15)12(11)13(16)18(7(2)20)8(3)21/h4-5,16H,1-3H3,(H,17,19). The Bertz CT molecular complexity index is 632. The minimum absolute atomic E-state index is 0.00752. The monoisotopic (exact) mass is 357 g/mol. The van der Waals surface area contributed by atoms with Gasteiger partial charge >= 0.3 is 0 Å². The molecule has 0 radical (unpaired) electrons. The van der Waals surface area contributed by atoms with Gasteiger partial charge in [-0.05, 0) is 12.1 Å². The molecule has 1 aromatic rings. The van der Waals surface area contributed by atoms with Crippen molar-refractivity contribution in [3.8, 4) is 0 Å². The summed E-state index contributed by atoms with van der Waals surface area (Å²) in [4.78, 5) is 34.6. The highest BCUT2D eigenvalue weighted by atomic mass is 79.9. The lowest BCUT2D eigenvalue weighted by Crippen LogP contribution is -2.39. The zero-order valence-electron chi connectivity index (χ0n) is 11.6. The first-order valence-electron chi connectivity index (χ1n) is 5.82. The van der Waals surface area contributed by atoms with Crippen LogP contribution >= 0.6 is 15.9 Å². The van der Waals surface area contributed by atoms with Gasteiger partial charge in [0, 0.05) is 25.2 Å². The Morgan fingerprint density at radius 1 is 1.19 bits per heavy atom. The van der Waals surface area contributed by atoms with Crippen LogP contribution in [0.2, 0.25) is 0 Å². The summed E-state index contributed by atoms with van der Waals surface area (Å²) in [7, 11) is 0. The highest BCUT2D eigenvalue weighted by molar-refractivity contribution is 9.10. The number of imide groups is 1. The quantitative estimate of drug-likeness (QED) is 0.628. The highest BCUT2D eigenvalue weighted by Gasteiger charge is 2.26. The third-order valence-corrected chi connectivity index (χ3v) is 2.91. The Morgan fingerprint density at radius 2 is 1.71 bits per heavy atom. The topological polar surface area (TPSA) is 90.3 Å². The lowest BCUT2D eigenvalue weighted by Gasteiger charge is -2.20. The Hall–Kier alpha value is -2.09. The van der Waals surface area contributed by atoms with E-state index in [-0.39, 0.29) is 11.3 Å². The van der Waals surface area contributed by atoms with E-state index in [0.717, 1.165) is 19.9 Å². The van der Waals surface area contributed by atoms with E-state index in [9.17, 15) is 18.8 Å². The summed E-state index contributed by atoms with van der Waals surface area (Å²) in [6, 6.07) is 2.46. The number of nitrogens with zero attached hydrogens (tertiary/aromatic N) is 1. The fourth-order valence-corrected chi connectivity index (χ4v) is 2.18. The van der Waals surface area contributed by atoms with Crippen LogP contribution in [0.1, 0.15) is 26.3 Å². The van der Waals surface area contributed by atoms with Gasteiger partial charge in [-0.2, -0.15) is 0 Å². The summed E-state index contributed by atoms with van der Waals surface area (Å²) >= 11 is 3.07. The van der Waals surface area contributed by atoms with E-state index in [2.05, 4.69) is 21.2 Å². The summed E-state index contributed by atoms with van der Waals surface area (Å²) in [6.07, 6.45) is 0. The molecule has 0 aliphatic heterocycles. The average Bonchev–Trinajstić information content (AvgIpc) is 2.24. The van der Waals surface area contributed by atoms with Crippen LogP contribution in [-0.4, -0.2) is 28.5 Å². The number of hydrogen-bond donors (Lipinski definition) is 2. The fourth-order valence-electron chi connectivity index (χ4n) is 1.75. The molecule has 0 heterocycles. The summed E-state index contributed by atoms with van der Waals surface area (Å²) in [5.74, 6) is -3.39. The van der Waals surface area contributed by atoms with Crippen LogP contribution in [0.3, 0.4) is 0 Å². The predicted molar refractivity (Wildman–Crippen MR) is 78.4 cm³/mol. The van der Waals surface area contributed by atoms with E-state index in [1.807, 2.05) is 0 Å². The molecule has 0 saturated carbocycles. The van der Waals surface area contributed by atoms with Crippen LogP contribution in [0.5, 0.6) is 0 Å². The Balaban J connectivity index is 3.46. The average molecular weight is 358 g/mol. The summed E-state index contributed by atoms with van der Waals surface area (Å²) in [5.41, 5.74) is -0.342. The van der Waals surface area contributed by atoms with Crippen LogP contribution in [0.4, 0.5) is 10.1 Å². The van der Waals surface area contributed by atoms with Crippen molar-refractivity contribution in [3.05, 3.63) is 28.0 Å². The molecule has 0 saturated heterocycles. The first-order valence-corrected chi connectivity index (χ1v) is 6.61. The van der Waals surface area contributed by atoms with Crippen LogP contribution in [0, 0.1) is 11.2 Å². The van der Waals surface area contributed by atoms with E-state index in [1.165, 1.54) is 13.0 Å². The van der Waals surface area contributed by atoms with Gasteiger partial charge in [0.15, 0.2) is 0 Å². The van der Waals surface area contributed by atoms with E-state index in [1.54, 1.807) is 0 Å². The maximum atomic E-state index is 14.1. The van der Waals surface area contributed by atoms with Crippen molar-refractivity contribution in [1.29, 1.82) is 5.41 Å².